The number of esters is 2. The van der Waals surface area contributed by atoms with Gasteiger partial charge in [0.1, 0.15) is 5.69 Å². The van der Waals surface area contributed by atoms with E-state index in [0.717, 1.165) is 77.0 Å². The van der Waals surface area contributed by atoms with Gasteiger partial charge in [-0.25, -0.2) is 9.59 Å². The summed E-state index contributed by atoms with van der Waals surface area (Å²) in [5.41, 5.74) is 5.52. The Kier molecular flexibility index (Phi) is 35.9. The number of ether oxygens (including phenoxy) is 2. The topological polar surface area (TPSA) is 99.1 Å². The van der Waals surface area contributed by atoms with Crippen molar-refractivity contribution in [1.29, 1.82) is 0 Å². The fourth-order valence-corrected chi connectivity index (χ4v) is 4.46. The average Bonchev–Trinajstić information content (AvgIpc) is 3.52. The molecule has 0 saturated carbocycles. The second kappa shape index (κ2) is 30.0. The molecule has 0 saturated heterocycles. The minimum absolute atomic E-state index is 0. The number of aryl methyl sites for hydroxylation is 3. The van der Waals surface area contributed by atoms with Crippen molar-refractivity contribution >= 4 is 123 Å². The Morgan fingerprint density at radius 3 is 1.90 bits per heavy atom. The van der Waals surface area contributed by atoms with E-state index in [2.05, 4.69) is 63.1 Å². The number of H-pyrrole nitrogens is 1. The van der Waals surface area contributed by atoms with Crippen LogP contribution < -0.4 is 0 Å². The molecule has 2 aliphatic rings. The van der Waals surface area contributed by atoms with E-state index in [-0.39, 0.29) is 62.3 Å². The number of carbonyl (C=O) groups is 2. The van der Waals surface area contributed by atoms with E-state index in [1.54, 1.807) is 11.6 Å². The molecule has 4 rings (SSSR count). The van der Waals surface area contributed by atoms with Crippen molar-refractivity contribution in [3.05, 3.63) is 33.9 Å². The molecule has 2 heterocycles. The third-order valence-corrected chi connectivity index (χ3v) is 7.80. The van der Waals surface area contributed by atoms with E-state index in [9.17, 15) is 9.59 Å². The van der Waals surface area contributed by atoms with Crippen LogP contribution in [0.5, 0.6) is 0 Å². The van der Waals surface area contributed by atoms with Gasteiger partial charge in [0.25, 0.3) is 0 Å². The maximum absolute atomic E-state index is 12.0. The fraction of sp³-hybridized carbons (Fsp3) is 0.667. The number of hydrogen-bond acceptors (Lipinski definition) is 6. The molecule has 0 bridgehead atoms. The number of rotatable bonds is 7. The molecule has 0 unspecified atom stereocenters. The van der Waals surface area contributed by atoms with Gasteiger partial charge in [0.15, 0.2) is 5.69 Å². The van der Waals surface area contributed by atoms with E-state index >= 15 is 0 Å². The van der Waals surface area contributed by atoms with E-state index in [4.69, 9.17) is 9.47 Å². The second-order valence-corrected chi connectivity index (χ2v) is 10.3. The van der Waals surface area contributed by atoms with Crippen LogP contribution in [0.2, 0.25) is 0 Å². The Balaban J connectivity index is -0.000000544. The molecular formula is C24H35Br3Co3K2N4O4. The maximum atomic E-state index is 12.0. The predicted octanol–water partition coefficient (Wildman–Crippen LogP) is 4.81. The van der Waals surface area contributed by atoms with Crippen molar-refractivity contribution in [2.75, 3.05) is 29.2 Å². The summed E-state index contributed by atoms with van der Waals surface area (Å²) in [6.45, 7) is 5.15. The quantitative estimate of drug-likeness (QED) is 0.244. The summed E-state index contributed by atoms with van der Waals surface area (Å²) in [6, 6.07) is 0. The Hall–Kier alpha value is 3.59. The van der Waals surface area contributed by atoms with Crippen LogP contribution in [-0.2, 0) is 92.0 Å². The van der Waals surface area contributed by atoms with Crippen LogP contribution in [0.1, 0.15) is 83.0 Å². The Morgan fingerprint density at radius 1 is 0.825 bits per heavy atom. The van der Waals surface area contributed by atoms with Crippen LogP contribution in [0.25, 0.3) is 0 Å². The van der Waals surface area contributed by atoms with Crippen molar-refractivity contribution in [1.82, 2.24) is 20.0 Å². The van der Waals surface area contributed by atoms with Crippen molar-refractivity contribution in [3.63, 3.8) is 0 Å². The predicted molar refractivity (Wildman–Crippen MR) is 159 cm³/mol. The number of alkyl halides is 3. The van der Waals surface area contributed by atoms with Gasteiger partial charge in [0.05, 0.1) is 25.5 Å². The van der Waals surface area contributed by atoms with Gasteiger partial charge in [-0.15, -0.1) is 0 Å². The summed E-state index contributed by atoms with van der Waals surface area (Å²) in [7, 11) is 0. The van der Waals surface area contributed by atoms with Crippen LogP contribution in [0.4, 0.5) is 0 Å². The standard InChI is InChI=1S/C12H17BrN2O2.C10H14N2O2.C2H4Br2.3Co.2K/c1-2-17-12(16)11-9-5-3-4-6-10(9)14-15(11)8-7-13;1-2-14-10(13)9-7-5-3-4-6-8(7)11-12-9;3-1-2-4;;;;;/h2-8H2,1H3;2-6H2,1H3,(H,11,12);1-2H2;;;;;. The molecule has 0 atom stereocenters. The molecule has 0 spiro atoms. The molecule has 0 fully saturated rings. The number of nitrogens with zero attached hydrogens (tertiary/aromatic N) is 3. The zero-order valence-corrected chi connectivity index (χ0v) is 37.6. The van der Waals surface area contributed by atoms with Gasteiger partial charge in [-0.1, -0.05) is 47.8 Å². The first-order valence-corrected chi connectivity index (χ1v) is 32.5. The number of halogens is 3. The van der Waals surface area contributed by atoms with E-state index in [1.165, 1.54) is 76.0 Å². The number of nitrogens with one attached hydrogen (secondary N) is 1. The molecule has 0 aromatic carbocycles. The average molecular weight is 938 g/mol. The fourth-order valence-electron chi connectivity index (χ4n) is 4.13. The second-order valence-electron chi connectivity index (χ2n) is 7.95. The molecule has 1 N–H and O–H groups in total. The number of aromatic amines is 1. The molecule has 2 aromatic rings. The molecule has 0 aliphatic heterocycles. The van der Waals surface area contributed by atoms with Crippen LogP contribution >= 0.6 is 47.8 Å². The Labute approximate surface area is 339 Å². The normalized spacial score (nSPS) is 12.3. The SMILES string of the molecule is BrCCBr.CCOC(=O)c1c2c(nn1CCBr)CCCC2.CCOC(=O)c1n[nH]c2c1CCCC2.[Co].[Co].[Co].[K][K]. The third kappa shape index (κ3) is 16.4. The van der Waals surface area contributed by atoms with Gasteiger partial charge < -0.3 is 9.47 Å². The van der Waals surface area contributed by atoms with Gasteiger partial charge >= 0.3 is 75.1 Å². The minimum atomic E-state index is -0.299. The summed E-state index contributed by atoms with van der Waals surface area (Å²) >= 11 is 12.3. The summed E-state index contributed by atoms with van der Waals surface area (Å²) in [4.78, 5) is 23.4. The van der Waals surface area contributed by atoms with Gasteiger partial charge in [-0.05, 0) is 65.2 Å². The number of aromatic nitrogens is 4. The molecular weight excluding hydrogens is 903 g/mol. The molecule has 225 valence electrons. The zero-order chi connectivity index (χ0) is 27.6. The summed E-state index contributed by atoms with van der Waals surface area (Å²) in [6.07, 6.45) is 8.50. The molecule has 8 nitrogen and oxygen atoms in total. The first kappa shape index (κ1) is 48.0. The molecule has 2 aromatic heterocycles. The summed E-state index contributed by atoms with van der Waals surface area (Å²) in [5.74, 6) is -0.531. The van der Waals surface area contributed by atoms with Crippen LogP contribution in [0.3, 0.4) is 0 Å². The molecule has 40 heavy (non-hydrogen) atoms. The number of carbonyl (C=O) groups excluding carboxylic acids is 2. The summed E-state index contributed by atoms with van der Waals surface area (Å²) < 4.78 is 11.8. The summed E-state index contributed by atoms with van der Waals surface area (Å²) in [5, 5.41) is 14.3. The monoisotopic (exact) mass is 935 g/mol. The van der Waals surface area contributed by atoms with E-state index in [0.29, 0.717) is 31.1 Å². The molecule has 2 aliphatic carbocycles. The molecule has 0 amide bonds. The first-order chi connectivity index (χ1) is 18.0. The van der Waals surface area contributed by atoms with Gasteiger partial charge in [0.2, 0.25) is 0 Å². The Morgan fingerprint density at radius 2 is 1.35 bits per heavy atom. The van der Waals surface area contributed by atoms with Gasteiger partial charge in [0, 0.05) is 83.1 Å². The van der Waals surface area contributed by atoms with Crippen molar-refractivity contribution in [2.45, 2.75) is 71.8 Å². The van der Waals surface area contributed by atoms with Crippen LogP contribution in [-0.4, -0.2) is 124 Å². The van der Waals surface area contributed by atoms with Crippen molar-refractivity contribution < 1.29 is 69.4 Å². The van der Waals surface area contributed by atoms with Crippen LogP contribution in [0.15, 0.2) is 0 Å². The van der Waals surface area contributed by atoms with Crippen molar-refractivity contribution in [2.24, 2.45) is 0 Å². The van der Waals surface area contributed by atoms with Gasteiger partial charge in [-0.2, -0.15) is 10.2 Å². The molecule has 3 radical (unpaired) electrons. The zero-order valence-electron chi connectivity index (χ0n) is 23.5. The first-order valence-electron chi connectivity index (χ1n) is 13.2. The number of fused-ring (bicyclic) bond motifs is 2. The van der Waals surface area contributed by atoms with E-state index in [1.807, 2.05) is 6.92 Å². The number of hydrogen-bond donors (Lipinski definition) is 1. The molecule has 16 heteroatoms. The van der Waals surface area contributed by atoms with Crippen molar-refractivity contribution in [3.8, 4) is 0 Å². The van der Waals surface area contributed by atoms with Gasteiger partial charge in [-0.3, -0.25) is 9.78 Å². The van der Waals surface area contributed by atoms with E-state index < -0.39 is 0 Å². The Bertz CT molecular complexity index is 970. The third-order valence-electron chi connectivity index (χ3n) is 5.59. The van der Waals surface area contributed by atoms with Crippen LogP contribution in [0, 0.1) is 0 Å².